The number of amides is 2. The van der Waals surface area contributed by atoms with Gasteiger partial charge in [0.1, 0.15) is 0 Å². The van der Waals surface area contributed by atoms with Crippen molar-refractivity contribution in [3.8, 4) is 0 Å². The van der Waals surface area contributed by atoms with E-state index in [2.05, 4.69) is 10.6 Å². The van der Waals surface area contributed by atoms with E-state index in [-0.39, 0.29) is 30.3 Å². The summed E-state index contributed by atoms with van der Waals surface area (Å²) in [5, 5.41) is 5.42. The van der Waals surface area contributed by atoms with Gasteiger partial charge in [0.25, 0.3) is 0 Å². The lowest BCUT2D eigenvalue weighted by Gasteiger charge is -2.35. The van der Waals surface area contributed by atoms with Crippen molar-refractivity contribution in [3.63, 3.8) is 0 Å². The zero-order valence-electron chi connectivity index (χ0n) is 15.5. The van der Waals surface area contributed by atoms with E-state index in [1.165, 1.54) is 18.2 Å². The molecule has 2 rings (SSSR count). The number of alkyl halides is 3. The summed E-state index contributed by atoms with van der Waals surface area (Å²) in [6.07, 6.45) is -4.55. The molecular weight excluding hydrogens is 361 g/mol. The predicted molar refractivity (Wildman–Crippen MR) is 94.8 cm³/mol. The van der Waals surface area contributed by atoms with Crippen LogP contribution in [-0.2, 0) is 22.3 Å². The topological polar surface area (TPSA) is 64.7 Å². The van der Waals surface area contributed by atoms with E-state index in [1.54, 1.807) is 4.90 Å². The lowest BCUT2D eigenvalue weighted by Crippen LogP contribution is -2.56. The molecule has 1 aromatic rings. The Morgan fingerprint density at radius 3 is 2.70 bits per heavy atom. The molecule has 0 radical (unpaired) electrons. The Morgan fingerprint density at radius 1 is 1.33 bits per heavy atom. The van der Waals surface area contributed by atoms with Crippen LogP contribution in [0.2, 0.25) is 0 Å². The minimum Gasteiger partial charge on any atom is -0.355 e. The molecule has 0 spiro atoms. The van der Waals surface area contributed by atoms with Crippen molar-refractivity contribution in [2.45, 2.75) is 25.2 Å². The van der Waals surface area contributed by atoms with Crippen LogP contribution in [0.1, 0.15) is 17.5 Å². The fraction of sp³-hybridized carbons (Fsp3) is 0.556. The molecule has 1 fully saturated rings. The quantitative estimate of drug-likeness (QED) is 0.736. The zero-order valence-corrected chi connectivity index (χ0v) is 15.5. The van der Waals surface area contributed by atoms with Gasteiger partial charge in [-0.25, -0.2) is 0 Å². The molecule has 2 amide bonds. The zero-order chi connectivity index (χ0) is 20.0. The monoisotopic (exact) mass is 386 g/mol. The summed E-state index contributed by atoms with van der Waals surface area (Å²) >= 11 is 0. The van der Waals surface area contributed by atoms with Crippen molar-refractivity contribution >= 4 is 11.8 Å². The van der Waals surface area contributed by atoms with E-state index in [0.717, 1.165) is 6.07 Å². The molecule has 1 aliphatic heterocycles. The molecule has 0 aliphatic carbocycles. The van der Waals surface area contributed by atoms with Crippen LogP contribution in [0.4, 0.5) is 13.2 Å². The third kappa shape index (κ3) is 6.21. The van der Waals surface area contributed by atoms with Gasteiger partial charge in [0, 0.05) is 32.7 Å². The number of rotatable bonds is 7. The minimum atomic E-state index is -4.46. The lowest BCUT2D eigenvalue weighted by atomic mass is 10.0. The van der Waals surface area contributed by atoms with E-state index in [1.807, 2.05) is 19.0 Å². The van der Waals surface area contributed by atoms with Gasteiger partial charge in [0.2, 0.25) is 11.8 Å². The van der Waals surface area contributed by atoms with Gasteiger partial charge in [0.15, 0.2) is 0 Å². The van der Waals surface area contributed by atoms with E-state index < -0.39 is 17.8 Å². The Bertz CT molecular complexity index is 664. The van der Waals surface area contributed by atoms with Gasteiger partial charge in [-0.05, 0) is 25.7 Å². The standard InChI is InChI=1S/C18H25F3N4O2/c1-24(2)9-7-22-16(26)11-15-17(27)23-8-10-25(15)12-13-5-3-4-6-14(13)18(19,20)21/h3-6,15H,7-12H2,1-2H3,(H,22,26)(H,23,27)/t15-/m0/s1. The smallest absolute Gasteiger partial charge is 0.355 e. The first kappa shape index (κ1) is 21.2. The average Bonchev–Trinajstić information content (AvgIpc) is 2.57. The van der Waals surface area contributed by atoms with Crippen LogP contribution >= 0.6 is 0 Å². The van der Waals surface area contributed by atoms with E-state index in [4.69, 9.17) is 0 Å². The first-order chi connectivity index (χ1) is 12.7. The van der Waals surface area contributed by atoms with Gasteiger partial charge in [-0.15, -0.1) is 0 Å². The molecule has 0 unspecified atom stereocenters. The molecule has 27 heavy (non-hydrogen) atoms. The summed E-state index contributed by atoms with van der Waals surface area (Å²) in [6.45, 7) is 1.78. The van der Waals surface area contributed by atoms with Crippen molar-refractivity contribution < 1.29 is 22.8 Å². The Kier molecular flexibility index (Phi) is 7.20. The highest BCUT2D eigenvalue weighted by molar-refractivity contribution is 5.88. The molecule has 0 saturated carbocycles. The van der Waals surface area contributed by atoms with Crippen molar-refractivity contribution in [3.05, 3.63) is 35.4 Å². The summed E-state index contributed by atoms with van der Waals surface area (Å²) in [7, 11) is 3.75. The number of hydrogen-bond acceptors (Lipinski definition) is 4. The summed E-state index contributed by atoms with van der Waals surface area (Å²) in [5.74, 6) is -0.637. The molecule has 1 heterocycles. The summed E-state index contributed by atoms with van der Waals surface area (Å²) in [5.41, 5.74) is -0.622. The first-order valence-electron chi connectivity index (χ1n) is 8.76. The second-order valence-electron chi connectivity index (χ2n) is 6.79. The van der Waals surface area contributed by atoms with Crippen LogP contribution < -0.4 is 10.6 Å². The predicted octanol–water partition coefficient (Wildman–Crippen LogP) is 1.07. The number of nitrogens with zero attached hydrogens (tertiary/aromatic N) is 2. The number of nitrogens with one attached hydrogen (secondary N) is 2. The highest BCUT2D eigenvalue weighted by atomic mass is 19.4. The van der Waals surface area contributed by atoms with Gasteiger partial charge in [-0.1, -0.05) is 18.2 Å². The van der Waals surface area contributed by atoms with Gasteiger partial charge in [-0.2, -0.15) is 13.2 Å². The van der Waals surface area contributed by atoms with Crippen LogP contribution in [0.25, 0.3) is 0 Å². The fourth-order valence-corrected chi connectivity index (χ4v) is 2.99. The molecular formula is C18H25F3N4O2. The van der Waals surface area contributed by atoms with Crippen LogP contribution in [0.3, 0.4) is 0 Å². The van der Waals surface area contributed by atoms with Crippen molar-refractivity contribution in [1.82, 2.24) is 20.4 Å². The van der Waals surface area contributed by atoms with Gasteiger partial charge in [0.05, 0.1) is 18.0 Å². The van der Waals surface area contributed by atoms with E-state index in [9.17, 15) is 22.8 Å². The molecule has 1 atom stereocenters. The largest absolute Gasteiger partial charge is 0.416 e. The van der Waals surface area contributed by atoms with E-state index >= 15 is 0 Å². The highest BCUT2D eigenvalue weighted by Crippen LogP contribution is 2.32. The first-order valence-corrected chi connectivity index (χ1v) is 8.76. The minimum absolute atomic E-state index is 0.0429. The maximum absolute atomic E-state index is 13.2. The van der Waals surface area contributed by atoms with Gasteiger partial charge in [-0.3, -0.25) is 14.5 Å². The molecule has 9 heteroatoms. The third-order valence-corrected chi connectivity index (χ3v) is 4.40. The maximum atomic E-state index is 13.2. The molecule has 1 aromatic carbocycles. The molecule has 1 saturated heterocycles. The second-order valence-corrected chi connectivity index (χ2v) is 6.79. The fourth-order valence-electron chi connectivity index (χ4n) is 2.99. The van der Waals surface area contributed by atoms with Crippen LogP contribution in [-0.4, -0.2) is 67.9 Å². The number of benzene rings is 1. The molecule has 1 aliphatic rings. The Morgan fingerprint density at radius 2 is 2.04 bits per heavy atom. The summed E-state index contributed by atoms with van der Waals surface area (Å²) in [4.78, 5) is 27.9. The summed E-state index contributed by atoms with van der Waals surface area (Å²) < 4.78 is 39.7. The Balaban J connectivity index is 2.08. The van der Waals surface area contributed by atoms with Crippen LogP contribution in [0.5, 0.6) is 0 Å². The normalized spacial score (nSPS) is 18.4. The van der Waals surface area contributed by atoms with Gasteiger partial charge >= 0.3 is 6.18 Å². The molecule has 150 valence electrons. The van der Waals surface area contributed by atoms with Crippen LogP contribution in [0.15, 0.2) is 24.3 Å². The number of halogens is 3. The van der Waals surface area contributed by atoms with Crippen molar-refractivity contribution in [2.75, 3.05) is 40.3 Å². The van der Waals surface area contributed by atoms with Crippen molar-refractivity contribution in [1.29, 1.82) is 0 Å². The number of piperazine rings is 1. The molecule has 6 nitrogen and oxygen atoms in total. The SMILES string of the molecule is CN(C)CCNC(=O)C[C@H]1C(=O)NCCN1Cc1ccccc1C(F)(F)F. The molecule has 0 aromatic heterocycles. The van der Waals surface area contributed by atoms with Crippen LogP contribution in [0, 0.1) is 0 Å². The average molecular weight is 386 g/mol. The third-order valence-electron chi connectivity index (χ3n) is 4.40. The van der Waals surface area contributed by atoms with Crippen molar-refractivity contribution in [2.24, 2.45) is 0 Å². The maximum Gasteiger partial charge on any atom is 0.416 e. The number of carbonyl (C=O) groups excluding carboxylic acids is 2. The van der Waals surface area contributed by atoms with E-state index in [0.29, 0.717) is 26.2 Å². The number of hydrogen-bond donors (Lipinski definition) is 2. The highest BCUT2D eigenvalue weighted by Gasteiger charge is 2.36. The molecule has 2 N–H and O–H groups in total. The number of carbonyl (C=O) groups is 2. The summed E-state index contributed by atoms with van der Waals surface area (Å²) in [6, 6.07) is 4.52. The Labute approximate surface area is 156 Å². The van der Waals surface area contributed by atoms with Gasteiger partial charge < -0.3 is 15.5 Å². The second kappa shape index (κ2) is 9.18. The Hall–Kier alpha value is -2.13. The lowest BCUT2D eigenvalue weighted by molar-refractivity contribution is -0.139. The number of likely N-dealkylation sites (N-methyl/N-ethyl adjacent to an activating group) is 1. The molecule has 0 bridgehead atoms.